The number of carbonyl (C=O) groups is 2. The fourth-order valence-electron chi connectivity index (χ4n) is 4.46. The van der Waals surface area contributed by atoms with Crippen LogP contribution in [0.15, 0.2) is 48.7 Å². The third-order valence-corrected chi connectivity index (χ3v) is 6.61. The summed E-state index contributed by atoms with van der Waals surface area (Å²) >= 11 is 5.86. The van der Waals surface area contributed by atoms with Gasteiger partial charge < -0.3 is 20.1 Å². The number of ether oxygens (including phenoxy) is 1. The molecule has 37 heavy (non-hydrogen) atoms. The molecule has 4 aromatic rings. The molecule has 2 aromatic carbocycles. The van der Waals surface area contributed by atoms with Crippen LogP contribution < -0.4 is 4.74 Å². The van der Waals surface area contributed by atoms with E-state index in [0.717, 1.165) is 4.57 Å². The minimum Gasteiger partial charge on any atom is -0.496 e. The van der Waals surface area contributed by atoms with Gasteiger partial charge in [0, 0.05) is 11.8 Å². The van der Waals surface area contributed by atoms with Crippen LogP contribution >= 0.6 is 11.6 Å². The van der Waals surface area contributed by atoms with Crippen LogP contribution in [0.5, 0.6) is 17.5 Å². The summed E-state index contributed by atoms with van der Waals surface area (Å²) in [5.74, 6) is -2.66. The molecular formula is C27H20ClFN2O6. The zero-order valence-electron chi connectivity index (χ0n) is 19.5. The number of hydrogen-bond donors (Lipinski definition) is 3. The Morgan fingerprint density at radius 3 is 2.35 bits per heavy atom. The molecule has 0 amide bonds. The molecule has 8 nitrogen and oxygen atoms in total. The van der Waals surface area contributed by atoms with E-state index in [2.05, 4.69) is 4.98 Å². The van der Waals surface area contributed by atoms with Gasteiger partial charge in [-0.2, -0.15) is 0 Å². The monoisotopic (exact) mass is 522 g/mol. The highest BCUT2D eigenvalue weighted by Gasteiger charge is 2.40. The number of rotatable bonds is 6. The molecular weight excluding hydrogens is 503 g/mol. The fraction of sp³-hybridized carbons (Fsp3) is 0.148. The number of fused-ring (bicyclic) bond motifs is 2. The summed E-state index contributed by atoms with van der Waals surface area (Å²) in [6, 6.07) is 10.7. The quantitative estimate of drug-likeness (QED) is 0.308. The number of methoxy groups -OCH3 is 1. The van der Waals surface area contributed by atoms with Gasteiger partial charge in [-0.05, 0) is 47.4 Å². The molecule has 0 saturated carbocycles. The Labute approximate surface area is 215 Å². The van der Waals surface area contributed by atoms with Crippen molar-refractivity contribution in [2.24, 2.45) is 0 Å². The number of aliphatic hydroxyl groups excluding tert-OH is 1. The van der Waals surface area contributed by atoms with Crippen molar-refractivity contribution in [1.29, 1.82) is 0 Å². The first kappa shape index (κ1) is 24.5. The average molecular weight is 523 g/mol. The maximum absolute atomic E-state index is 13.5. The van der Waals surface area contributed by atoms with Gasteiger partial charge in [0.1, 0.15) is 22.8 Å². The maximum Gasteiger partial charge on any atom is 0.218 e. The first-order valence-electron chi connectivity index (χ1n) is 11.2. The number of hydrogen-bond acceptors (Lipinski definition) is 7. The van der Waals surface area contributed by atoms with Crippen molar-refractivity contribution in [2.75, 3.05) is 7.11 Å². The van der Waals surface area contributed by atoms with Crippen LogP contribution in [0.4, 0.5) is 4.39 Å². The third-order valence-electron chi connectivity index (χ3n) is 6.32. The third kappa shape index (κ3) is 4.12. The molecule has 0 saturated heterocycles. The summed E-state index contributed by atoms with van der Waals surface area (Å²) in [6.07, 6.45) is 1.70. The molecule has 0 unspecified atom stereocenters. The smallest absolute Gasteiger partial charge is 0.218 e. The van der Waals surface area contributed by atoms with Crippen LogP contribution in [0, 0.1) is 5.82 Å². The lowest BCUT2D eigenvalue weighted by molar-refractivity contribution is 0.0972. The van der Waals surface area contributed by atoms with Crippen molar-refractivity contribution < 1.29 is 34.0 Å². The minimum absolute atomic E-state index is 0.0134. The number of pyridine rings is 1. The average Bonchev–Trinajstić information content (AvgIpc) is 3.14. The number of aromatic nitrogens is 2. The van der Waals surface area contributed by atoms with Gasteiger partial charge in [0.05, 0.1) is 36.4 Å². The summed E-state index contributed by atoms with van der Waals surface area (Å²) in [7, 11) is 1.44. The zero-order chi connectivity index (χ0) is 26.4. The molecule has 0 spiro atoms. The first-order chi connectivity index (χ1) is 17.7. The highest BCUT2D eigenvalue weighted by molar-refractivity contribution is 6.31. The zero-order valence-corrected chi connectivity index (χ0v) is 20.2. The number of carbonyl (C=O) groups excluding carboxylic acids is 2. The van der Waals surface area contributed by atoms with Gasteiger partial charge in [0.25, 0.3) is 0 Å². The summed E-state index contributed by atoms with van der Waals surface area (Å²) in [6.45, 7) is -0.310. The fourth-order valence-corrected chi connectivity index (χ4v) is 4.66. The molecule has 0 atom stereocenters. The number of halogens is 2. The van der Waals surface area contributed by atoms with Gasteiger partial charge in [-0.25, -0.2) is 4.39 Å². The lowest BCUT2D eigenvalue weighted by Crippen LogP contribution is -2.21. The summed E-state index contributed by atoms with van der Waals surface area (Å²) in [5.41, 5.74) is 1.59. The highest BCUT2D eigenvalue weighted by atomic mass is 35.5. The SMILES string of the molecule is COc1cc(CO)ccc1Cn1c(O)c2c(c1O)C(=O)c1ncc(Cc3ccc(F)c(Cl)c3)cc1C2=O. The Hall–Kier alpha value is -4.21. The second-order valence-electron chi connectivity index (χ2n) is 8.61. The normalized spacial score (nSPS) is 12.4. The number of benzene rings is 2. The molecule has 2 aromatic heterocycles. The second-order valence-corrected chi connectivity index (χ2v) is 9.02. The molecule has 0 fully saturated rings. The van der Waals surface area contributed by atoms with E-state index in [1.807, 2.05) is 0 Å². The van der Waals surface area contributed by atoms with Crippen molar-refractivity contribution in [3.8, 4) is 17.5 Å². The topological polar surface area (TPSA) is 122 Å². The molecule has 3 N–H and O–H groups in total. The Kier molecular flexibility index (Phi) is 6.18. The first-order valence-corrected chi connectivity index (χ1v) is 11.5. The Balaban J connectivity index is 1.53. The Morgan fingerprint density at radius 2 is 1.68 bits per heavy atom. The van der Waals surface area contributed by atoms with E-state index >= 15 is 0 Å². The van der Waals surface area contributed by atoms with Crippen LogP contribution in [0.25, 0.3) is 0 Å². The van der Waals surface area contributed by atoms with Crippen LogP contribution in [0.1, 0.15) is 54.2 Å². The molecule has 5 rings (SSSR count). The van der Waals surface area contributed by atoms with Gasteiger partial charge in [-0.15, -0.1) is 0 Å². The van der Waals surface area contributed by atoms with Gasteiger partial charge >= 0.3 is 0 Å². The molecule has 0 radical (unpaired) electrons. The van der Waals surface area contributed by atoms with Gasteiger partial charge in [-0.1, -0.05) is 29.8 Å². The van der Waals surface area contributed by atoms with Gasteiger partial charge in [0.2, 0.25) is 23.3 Å². The summed E-state index contributed by atoms with van der Waals surface area (Å²) < 4.78 is 19.9. The largest absolute Gasteiger partial charge is 0.496 e. The van der Waals surface area contributed by atoms with Crippen molar-refractivity contribution in [2.45, 2.75) is 19.6 Å². The molecule has 1 aliphatic carbocycles. The summed E-state index contributed by atoms with van der Waals surface area (Å²) in [5, 5.41) is 31.1. The van der Waals surface area contributed by atoms with E-state index in [4.69, 9.17) is 16.3 Å². The molecule has 0 aliphatic heterocycles. The molecule has 0 bridgehead atoms. The van der Waals surface area contributed by atoms with Crippen molar-refractivity contribution in [1.82, 2.24) is 9.55 Å². The highest BCUT2D eigenvalue weighted by Crippen LogP contribution is 2.41. The van der Waals surface area contributed by atoms with Crippen molar-refractivity contribution in [3.63, 3.8) is 0 Å². The molecule has 2 heterocycles. The van der Waals surface area contributed by atoms with E-state index in [9.17, 15) is 29.3 Å². The van der Waals surface area contributed by atoms with E-state index < -0.39 is 29.1 Å². The van der Waals surface area contributed by atoms with E-state index in [1.165, 1.54) is 31.5 Å². The summed E-state index contributed by atoms with van der Waals surface area (Å²) in [4.78, 5) is 30.8. The number of nitrogens with zero attached hydrogens (tertiary/aromatic N) is 2. The predicted molar refractivity (Wildman–Crippen MR) is 131 cm³/mol. The van der Waals surface area contributed by atoms with E-state index in [0.29, 0.717) is 28.0 Å². The van der Waals surface area contributed by atoms with Gasteiger partial charge in [-0.3, -0.25) is 19.1 Å². The lowest BCUT2D eigenvalue weighted by atomic mass is 9.88. The number of ketones is 2. The standard InChI is InChI=1S/C27H20ClFN2O6/c1-37-20-9-14(12-32)2-4-16(20)11-31-26(35)21-22(27(31)36)25(34)23-17(24(21)33)7-15(10-30-23)6-13-3-5-19(29)18(28)8-13/h2-5,7-10,32,35-36H,6,11-12H2,1H3. The predicted octanol–water partition coefficient (Wildman–Crippen LogP) is 4.00. The van der Waals surface area contributed by atoms with Crippen molar-refractivity contribution in [3.05, 3.63) is 104 Å². The molecule has 1 aliphatic rings. The second kappa shape index (κ2) is 9.34. The molecule has 10 heteroatoms. The Bertz CT molecular complexity index is 1600. The maximum atomic E-state index is 13.5. The number of aromatic hydroxyl groups is 2. The van der Waals surface area contributed by atoms with Crippen LogP contribution in [0.2, 0.25) is 5.02 Å². The lowest BCUT2D eigenvalue weighted by Gasteiger charge is -2.14. The van der Waals surface area contributed by atoms with Crippen LogP contribution in [-0.4, -0.2) is 43.5 Å². The van der Waals surface area contributed by atoms with Crippen molar-refractivity contribution >= 4 is 23.2 Å². The van der Waals surface area contributed by atoms with Crippen LogP contribution in [-0.2, 0) is 19.6 Å². The Morgan fingerprint density at radius 1 is 0.973 bits per heavy atom. The van der Waals surface area contributed by atoms with E-state index in [-0.39, 0.29) is 47.0 Å². The van der Waals surface area contributed by atoms with Crippen LogP contribution in [0.3, 0.4) is 0 Å². The number of aliphatic hydroxyl groups is 1. The molecule has 188 valence electrons. The van der Waals surface area contributed by atoms with Gasteiger partial charge in [0.15, 0.2) is 0 Å². The minimum atomic E-state index is -0.699. The van der Waals surface area contributed by atoms with E-state index in [1.54, 1.807) is 24.3 Å².